The summed E-state index contributed by atoms with van der Waals surface area (Å²) < 4.78 is 18.2. The number of benzene rings is 1. The maximum Gasteiger partial charge on any atom is 0.371 e. The number of carboxylic acids is 1. The molecular weight excluding hydrogens is 275 g/mol. The van der Waals surface area contributed by atoms with Crippen LogP contribution in [0.1, 0.15) is 10.6 Å². The zero-order chi connectivity index (χ0) is 14.8. The summed E-state index contributed by atoms with van der Waals surface area (Å²) >= 11 is 0. The molecule has 110 valence electrons. The van der Waals surface area contributed by atoms with Crippen LogP contribution in [-0.4, -0.2) is 37.3 Å². The molecule has 1 aromatic carbocycles. The number of hydrogen-bond acceptors (Lipinski definition) is 4. The van der Waals surface area contributed by atoms with Crippen molar-refractivity contribution in [2.45, 2.75) is 0 Å². The lowest BCUT2D eigenvalue weighted by molar-refractivity contribution is 0.0663. The van der Waals surface area contributed by atoms with Gasteiger partial charge in [-0.1, -0.05) is 0 Å². The molecule has 5 nitrogen and oxygen atoms in total. The first-order valence-electron chi connectivity index (χ1n) is 6.72. The van der Waals surface area contributed by atoms with Crippen LogP contribution in [0.3, 0.4) is 0 Å². The summed E-state index contributed by atoms with van der Waals surface area (Å²) in [6.45, 7) is 3.00. The topological polar surface area (TPSA) is 56.9 Å². The zero-order valence-electron chi connectivity index (χ0n) is 11.3. The van der Waals surface area contributed by atoms with Crippen molar-refractivity contribution in [3.63, 3.8) is 0 Å². The molecule has 0 amide bonds. The summed E-state index contributed by atoms with van der Waals surface area (Å²) in [6.07, 6.45) is 0. The predicted molar refractivity (Wildman–Crippen MR) is 76.5 cm³/mol. The summed E-state index contributed by atoms with van der Waals surface area (Å²) in [6, 6.07) is 9.57. The molecule has 0 bridgehead atoms. The molecule has 6 heteroatoms. The van der Waals surface area contributed by atoms with Gasteiger partial charge in [0.2, 0.25) is 5.76 Å². The van der Waals surface area contributed by atoms with Crippen LogP contribution in [-0.2, 0) is 0 Å². The van der Waals surface area contributed by atoms with Gasteiger partial charge in [-0.15, -0.1) is 0 Å². The van der Waals surface area contributed by atoms with Crippen molar-refractivity contribution in [3.05, 3.63) is 48.0 Å². The van der Waals surface area contributed by atoms with E-state index in [1.807, 2.05) is 4.90 Å². The number of piperazine rings is 1. The van der Waals surface area contributed by atoms with Crippen LogP contribution in [0.4, 0.5) is 16.0 Å². The summed E-state index contributed by atoms with van der Waals surface area (Å²) in [5.74, 6) is -0.780. The molecule has 0 saturated carbocycles. The van der Waals surface area contributed by atoms with Crippen molar-refractivity contribution >= 4 is 17.5 Å². The second kappa shape index (κ2) is 5.47. The van der Waals surface area contributed by atoms with E-state index in [0.717, 1.165) is 31.9 Å². The number of carbonyl (C=O) groups is 1. The minimum Gasteiger partial charge on any atom is -0.475 e. The summed E-state index contributed by atoms with van der Waals surface area (Å²) in [5, 5.41) is 8.86. The van der Waals surface area contributed by atoms with Crippen LogP contribution in [0.25, 0.3) is 0 Å². The molecule has 0 radical (unpaired) electrons. The van der Waals surface area contributed by atoms with Crippen molar-refractivity contribution in [2.75, 3.05) is 36.0 Å². The van der Waals surface area contributed by atoms with Crippen LogP contribution in [0.5, 0.6) is 0 Å². The van der Waals surface area contributed by atoms with E-state index in [4.69, 9.17) is 9.52 Å². The molecule has 21 heavy (non-hydrogen) atoms. The monoisotopic (exact) mass is 290 g/mol. The van der Waals surface area contributed by atoms with Crippen LogP contribution < -0.4 is 9.80 Å². The second-order valence-corrected chi connectivity index (χ2v) is 4.89. The van der Waals surface area contributed by atoms with Crippen molar-refractivity contribution < 1.29 is 18.7 Å². The highest BCUT2D eigenvalue weighted by atomic mass is 19.1. The van der Waals surface area contributed by atoms with Crippen molar-refractivity contribution in [2.24, 2.45) is 0 Å². The number of aromatic carboxylic acids is 1. The fourth-order valence-corrected chi connectivity index (χ4v) is 2.45. The molecule has 0 unspecified atom stereocenters. The SMILES string of the molecule is O=C(O)c1ccc(N2CCN(c3ccc(F)cc3)CC2)o1. The van der Waals surface area contributed by atoms with E-state index in [2.05, 4.69) is 4.90 Å². The lowest BCUT2D eigenvalue weighted by Crippen LogP contribution is -2.46. The number of carboxylic acid groups (broad SMARTS) is 1. The van der Waals surface area contributed by atoms with E-state index in [1.54, 1.807) is 18.2 Å². The molecule has 1 saturated heterocycles. The molecule has 1 aliphatic rings. The van der Waals surface area contributed by atoms with Crippen LogP contribution >= 0.6 is 0 Å². The molecule has 1 aliphatic heterocycles. The van der Waals surface area contributed by atoms with Gasteiger partial charge in [0.25, 0.3) is 0 Å². The first kappa shape index (κ1) is 13.5. The molecule has 3 rings (SSSR count). The van der Waals surface area contributed by atoms with Crippen LogP contribution in [0.15, 0.2) is 40.8 Å². The standard InChI is InChI=1S/C15H15FN2O3/c16-11-1-3-12(4-2-11)17-7-9-18(10-8-17)14-6-5-13(21-14)15(19)20/h1-6H,7-10H2,(H,19,20). The fourth-order valence-electron chi connectivity index (χ4n) is 2.45. The van der Waals surface area contributed by atoms with Gasteiger partial charge in [0.15, 0.2) is 5.88 Å². The summed E-state index contributed by atoms with van der Waals surface area (Å²) in [5.41, 5.74) is 0.988. The van der Waals surface area contributed by atoms with Gasteiger partial charge in [-0.3, -0.25) is 0 Å². The normalized spacial score (nSPS) is 15.3. The summed E-state index contributed by atoms with van der Waals surface area (Å²) in [4.78, 5) is 15.0. The van der Waals surface area contributed by atoms with E-state index in [1.165, 1.54) is 18.2 Å². The number of furan rings is 1. The molecule has 0 spiro atoms. The van der Waals surface area contributed by atoms with Gasteiger partial charge in [-0.2, -0.15) is 0 Å². The lowest BCUT2D eigenvalue weighted by atomic mass is 10.2. The minimum atomic E-state index is -1.06. The van der Waals surface area contributed by atoms with Crippen LogP contribution in [0, 0.1) is 5.82 Å². The van der Waals surface area contributed by atoms with Gasteiger partial charge >= 0.3 is 5.97 Å². The van der Waals surface area contributed by atoms with Crippen LogP contribution in [0.2, 0.25) is 0 Å². The maximum atomic E-state index is 12.9. The lowest BCUT2D eigenvalue weighted by Gasteiger charge is -2.35. The van der Waals surface area contributed by atoms with E-state index in [0.29, 0.717) is 5.88 Å². The Kier molecular flexibility index (Phi) is 3.51. The number of halogens is 1. The molecule has 2 heterocycles. The van der Waals surface area contributed by atoms with Crippen molar-refractivity contribution in [1.82, 2.24) is 0 Å². The Morgan fingerprint density at radius 3 is 2.19 bits per heavy atom. The first-order valence-corrected chi connectivity index (χ1v) is 6.72. The molecule has 0 aliphatic carbocycles. The average Bonchev–Trinajstić information content (AvgIpc) is 2.98. The van der Waals surface area contributed by atoms with Gasteiger partial charge in [0.05, 0.1) is 0 Å². The third kappa shape index (κ3) is 2.84. The number of nitrogens with zero attached hydrogens (tertiary/aromatic N) is 2. The van der Waals surface area contributed by atoms with Crippen molar-refractivity contribution in [1.29, 1.82) is 0 Å². The number of rotatable bonds is 3. The summed E-state index contributed by atoms with van der Waals surface area (Å²) in [7, 11) is 0. The molecular formula is C15H15FN2O3. The second-order valence-electron chi connectivity index (χ2n) is 4.89. The molecule has 0 atom stereocenters. The molecule has 1 aromatic heterocycles. The Bertz CT molecular complexity index is 631. The smallest absolute Gasteiger partial charge is 0.371 e. The minimum absolute atomic E-state index is 0.0500. The van der Waals surface area contributed by atoms with E-state index in [9.17, 15) is 9.18 Å². The number of anilines is 2. The quantitative estimate of drug-likeness (QED) is 0.941. The average molecular weight is 290 g/mol. The fraction of sp³-hybridized carbons (Fsp3) is 0.267. The van der Waals surface area contributed by atoms with E-state index >= 15 is 0 Å². The Morgan fingerprint density at radius 2 is 1.62 bits per heavy atom. The van der Waals surface area contributed by atoms with E-state index < -0.39 is 5.97 Å². The highest BCUT2D eigenvalue weighted by Gasteiger charge is 2.20. The Hall–Kier alpha value is -2.50. The van der Waals surface area contributed by atoms with Gasteiger partial charge in [0, 0.05) is 37.9 Å². The third-order valence-corrected chi connectivity index (χ3v) is 3.59. The largest absolute Gasteiger partial charge is 0.475 e. The van der Waals surface area contributed by atoms with Gasteiger partial charge in [-0.25, -0.2) is 9.18 Å². The number of hydrogen-bond donors (Lipinski definition) is 1. The van der Waals surface area contributed by atoms with Gasteiger partial charge in [0.1, 0.15) is 5.82 Å². The maximum absolute atomic E-state index is 12.9. The highest BCUT2D eigenvalue weighted by Crippen LogP contribution is 2.22. The zero-order valence-corrected chi connectivity index (χ0v) is 11.3. The molecule has 1 N–H and O–H groups in total. The molecule has 1 fully saturated rings. The van der Waals surface area contributed by atoms with Gasteiger partial charge < -0.3 is 19.3 Å². The Labute approximate surface area is 121 Å². The third-order valence-electron chi connectivity index (χ3n) is 3.59. The highest BCUT2D eigenvalue weighted by molar-refractivity contribution is 5.84. The first-order chi connectivity index (χ1) is 10.1. The Morgan fingerprint density at radius 1 is 1.00 bits per heavy atom. The van der Waals surface area contributed by atoms with E-state index in [-0.39, 0.29) is 11.6 Å². The van der Waals surface area contributed by atoms with Crippen molar-refractivity contribution in [3.8, 4) is 0 Å². The van der Waals surface area contributed by atoms with Gasteiger partial charge in [-0.05, 0) is 30.3 Å². The predicted octanol–water partition coefficient (Wildman–Crippen LogP) is 2.44. The Balaban J connectivity index is 1.64. The molecule has 2 aromatic rings.